The largest absolute Gasteiger partial charge is 0.507 e. The zero-order valence-corrected chi connectivity index (χ0v) is 19.5. The molecule has 1 saturated heterocycles. The maximum Gasteiger partial charge on any atom is 0.300 e. The third-order valence-corrected chi connectivity index (χ3v) is 6.52. The van der Waals surface area contributed by atoms with Crippen molar-refractivity contribution in [2.24, 2.45) is 0 Å². The number of nitrogens with zero attached hydrogens (tertiary/aromatic N) is 1. The Morgan fingerprint density at radius 3 is 2.39 bits per heavy atom. The van der Waals surface area contributed by atoms with Crippen molar-refractivity contribution in [3.63, 3.8) is 0 Å². The van der Waals surface area contributed by atoms with E-state index in [0.29, 0.717) is 36.0 Å². The predicted octanol–water partition coefficient (Wildman–Crippen LogP) is 5.48. The Bertz CT molecular complexity index is 1210. The first-order valence-electron chi connectivity index (χ1n) is 10.8. The zero-order valence-electron chi connectivity index (χ0n) is 18.7. The van der Waals surface area contributed by atoms with Crippen LogP contribution >= 0.6 is 11.3 Å². The summed E-state index contributed by atoms with van der Waals surface area (Å²) in [6.07, 6.45) is 0. The first-order valence-corrected chi connectivity index (χ1v) is 11.7. The quantitative estimate of drug-likeness (QED) is 0.285. The molecule has 0 radical (unpaired) electrons. The second-order valence-corrected chi connectivity index (χ2v) is 8.44. The van der Waals surface area contributed by atoms with Gasteiger partial charge in [-0.2, -0.15) is 0 Å². The van der Waals surface area contributed by atoms with Gasteiger partial charge < -0.3 is 14.6 Å². The molecule has 1 atom stereocenters. The average molecular weight is 464 g/mol. The third kappa shape index (κ3) is 4.12. The maximum absolute atomic E-state index is 13.3. The molecule has 1 unspecified atom stereocenters. The highest BCUT2D eigenvalue weighted by Gasteiger charge is 2.48. The molecule has 1 N–H and O–H groups in total. The summed E-state index contributed by atoms with van der Waals surface area (Å²) >= 11 is 1.45. The van der Waals surface area contributed by atoms with E-state index in [4.69, 9.17) is 9.47 Å². The fourth-order valence-electron chi connectivity index (χ4n) is 3.97. The van der Waals surface area contributed by atoms with Gasteiger partial charge in [0.15, 0.2) is 0 Å². The van der Waals surface area contributed by atoms with Crippen molar-refractivity contribution >= 4 is 34.5 Å². The molecular weight excluding hydrogens is 438 g/mol. The highest BCUT2D eigenvalue weighted by molar-refractivity contribution is 7.10. The van der Waals surface area contributed by atoms with Crippen molar-refractivity contribution in [2.45, 2.75) is 26.8 Å². The molecule has 4 rings (SSSR count). The van der Waals surface area contributed by atoms with Crippen molar-refractivity contribution in [3.05, 3.63) is 81.6 Å². The molecule has 0 saturated carbocycles. The van der Waals surface area contributed by atoms with Crippen LogP contribution in [0.1, 0.15) is 35.9 Å². The topological polar surface area (TPSA) is 76.1 Å². The monoisotopic (exact) mass is 463 g/mol. The van der Waals surface area contributed by atoms with Crippen LogP contribution in [0, 0.1) is 6.92 Å². The molecule has 33 heavy (non-hydrogen) atoms. The van der Waals surface area contributed by atoms with Crippen molar-refractivity contribution in [1.29, 1.82) is 0 Å². The lowest BCUT2D eigenvalue weighted by Crippen LogP contribution is -2.29. The number of para-hydroxylation sites is 1. The Morgan fingerprint density at radius 2 is 1.76 bits per heavy atom. The van der Waals surface area contributed by atoms with Crippen LogP contribution in [-0.4, -0.2) is 30.0 Å². The average Bonchev–Trinajstić information content (AvgIpc) is 3.35. The van der Waals surface area contributed by atoms with E-state index in [-0.39, 0.29) is 11.3 Å². The first-order chi connectivity index (χ1) is 16.0. The SMILES string of the molecule is CCOc1ccc(/C(O)=C2\C(=O)C(=O)N(c3ccccc3)C2c2sccc2C)c(OCC)c1. The second-order valence-electron chi connectivity index (χ2n) is 7.50. The minimum atomic E-state index is -0.742. The number of carbonyl (C=O) groups is 2. The molecule has 1 aliphatic heterocycles. The summed E-state index contributed by atoms with van der Waals surface area (Å²) in [5, 5.41) is 13.3. The van der Waals surface area contributed by atoms with Crippen LogP contribution in [-0.2, 0) is 9.59 Å². The Balaban J connectivity index is 1.93. The zero-order chi connectivity index (χ0) is 23.5. The Hall–Kier alpha value is -3.58. The highest BCUT2D eigenvalue weighted by atomic mass is 32.1. The lowest BCUT2D eigenvalue weighted by atomic mass is 9.97. The molecule has 0 spiro atoms. The van der Waals surface area contributed by atoms with Gasteiger partial charge in [-0.3, -0.25) is 14.5 Å². The number of Topliss-reactive ketones (excluding diaryl/α,β-unsaturated/α-hetero) is 1. The molecule has 1 fully saturated rings. The number of aliphatic hydroxyl groups excluding tert-OH is 1. The molecule has 170 valence electrons. The number of aliphatic hydroxyl groups is 1. The molecule has 0 bridgehead atoms. The fraction of sp³-hybridized carbons (Fsp3) is 0.231. The highest BCUT2D eigenvalue weighted by Crippen LogP contribution is 2.45. The van der Waals surface area contributed by atoms with Gasteiger partial charge in [-0.05, 0) is 62.0 Å². The van der Waals surface area contributed by atoms with Crippen molar-refractivity contribution < 1.29 is 24.2 Å². The van der Waals surface area contributed by atoms with Crippen LogP contribution < -0.4 is 14.4 Å². The van der Waals surface area contributed by atoms with Crippen LogP contribution in [0.4, 0.5) is 5.69 Å². The van der Waals surface area contributed by atoms with E-state index in [1.165, 1.54) is 16.2 Å². The summed E-state index contributed by atoms with van der Waals surface area (Å²) in [7, 11) is 0. The van der Waals surface area contributed by atoms with Crippen LogP contribution in [0.5, 0.6) is 11.5 Å². The number of amides is 1. The van der Waals surface area contributed by atoms with E-state index in [1.807, 2.05) is 50.4 Å². The number of carbonyl (C=O) groups excluding carboxylic acids is 2. The molecule has 7 heteroatoms. The number of ether oxygens (including phenoxy) is 2. The smallest absolute Gasteiger partial charge is 0.300 e. The van der Waals surface area contributed by atoms with Crippen molar-refractivity contribution in [2.75, 3.05) is 18.1 Å². The van der Waals surface area contributed by atoms with Gasteiger partial charge in [0.25, 0.3) is 11.7 Å². The van der Waals surface area contributed by atoms with Crippen LogP contribution in [0.25, 0.3) is 5.76 Å². The molecule has 1 aromatic heterocycles. The second kappa shape index (κ2) is 9.50. The van der Waals surface area contributed by atoms with Gasteiger partial charge in [-0.15, -0.1) is 11.3 Å². The minimum Gasteiger partial charge on any atom is -0.507 e. The third-order valence-electron chi connectivity index (χ3n) is 5.45. The molecule has 3 aromatic rings. The summed E-state index contributed by atoms with van der Waals surface area (Å²) in [6.45, 7) is 6.49. The number of hydrogen-bond acceptors (Lipinski definition) is 6. The molecule has 6 nitrogen and oxygen atoms in total. The summed E-state index contributed by atoms with van der Waals surface area (Å²) in [5.74, 6) is -0.701. The summed E-state index contributed by atoms with van der Waals surface area (Å²) in [6, 6.07) is 15.3. The number of ketones is 1. The molecule has 1 aliphatic rings. The number of rotatable bonds is 7. The van der Waals surface area contributed by atoms with Gasteiger partial charge in [0.05, 0.1) is 24.4 Å². The first kappa shape index (κ1) is 22.6. The molecule has 2 aromatic carbocycles. The fourth-order valence-corrected chi connectivity index (χ4v) is 5.00. The Morgan fingerprint density at radius 1 is 1.03 bits per heavy atom. The number of thiophene rings is 1. The van der Waals surface area contributed by atoms with Gasteiger partial charge in [-0.25, -0.2) is 0 Å². The Labute approximate surface area is 196 Å². The molecular formula is C26H25NO5S. The minimum absolute atomic E-state index is 0.0412. The van der Waals surface area contributed by atoms with Gasteiger partial charge in [0.1, 0.15) is 23.3 Å². The summed E-state index contributed by atoms with van der Waals surface area (Å²) in [4.78, 5) is 28.8. The Kier molecular flexibility index (Phi) is 6.51. The molecule has 0 aliphatic carbocycles. The maximum atomic E-state index is 13.3. The van der Waals surface area contributed by atoms with Crippen LogP contribution in [0.3, 0.4) is 0 Å². The number of aryl methyl sites for hydroxylation is 1. The summed E-state index contributed by atoms with van der Waals surface area (Å²) in [5.41, 5.74) is 1.91. The van der Waals surface area contributed by atoms with E-state index in [9.17, 15) is 14.7 Å². The van der Waals surface area contributed by atoms with Gasteiger partial charge in [-0.1, -0.05) is 18.2 Å². The van der Waals surface area contributed by atoms with E-state index >= 15 is 0 Å². The van der Waals surface area contributed by atoms with Crippen LogP contribution in [0.2, 0.25) is 0 Å². The number of benzene rings is 2. The van der Waals surface area contributed by atoms with E-state index in [2.05, 4.69) is 0 Å². The molecule has 1 amide bonds. The lowest BCUT2D eigenvalue weighted by molar-refractivity contribution is -0.132. The van der Waals surface area contributed by atoms with Gasteiger partial charge in [0.2, 0.25) is 0 Å². The van der Waals surface area contributed by atoms with E-state index < -0.39 is 17.7 Å². The van der Waals surface area contributed by atoms with Crippen LogP contribution in [0.15, 0.2) is 65.6 Å². The standard InChI is InChI=1S/C26H25NO5S/c1-4-31-18-11-12-19(20(15-18)32-5-2)23(28)21-22(25-16(3)13-14-33-25)27(26(30)24(21)29)17-9-7-6-8-10-17/h6-15,22,28H,4-5H2,1-3H3/b23-21+. The summed E-state index contributed by atoms with van der Waals surface area (Å²) < 4.78 is 11.3. The normalized spacial score (nSPS) is 17.4. The van der Waals surface area contributed by atoms with E-state index in [0.717, 1.165) is 10.4 Å². The van der Waals surface area contributed by atoms with Gasteiger partial charge in [0, 0.05) is 16.6 Å². The number of anilines is 1. The number of hydrogen-bond donors (Lipinski definition) is 1. The van der Waals surface area contributed by atoms with E-state index in [1.54, 1.807) is 30.3 Å². The lowest BCUT2D eigenvalue weighted by Gasteiger charge is -2.25. The van der Waals surface area contributed by atoms with Crippen molar-refractivity contribution in [1.82, 2.24) is 0 Å². The predicted molar refractivity (Wildman–Crippen MR) is 129 cm³/mol. The molecule has 2 heterocycles. The van der Waals surface area contributed by atoms with Crippen molar-refractivity contribution in [3.8, 4) is 11.5 Å². The van der Waals surface area contributed by atoms with Gasteiger partial charge >= 0.3 is 0 Å².